The minimum atomic E-state index is 0.268. The molecule has 0 fully saturated rings. The van der Waals surface area contributed by atoms with Gasteiger partial charge in [0.25, 0.3) is 0 Å². The number of nitrogens with zero attached hydrogens (tertiary/aromatic N) is 1. The molecule has 3 rings (SSSR count). The molecule has 1 unspecified atom stereocenters. The number of hydrogen-bond donors (Lipinski definition) is 1. The molecule has 1 aliphatic carbocycles. The monoisotopic (exact) mass is 282 g/mol. The molecule has 1 aromatic carbocycles. The summed E-state index contributed by atoms with van der Waals surface area (Å²) < 4.78 is 5.92. The van der Waals surface area contributed by atoms with E-state index in [0.29, 0.717) is 0 Å². The van der Waals surface area contributed by atoms with Crippen LogP contribution in [0.25, 0.3) is 0 Å². The number of nitrogens with one attached hydrogen (secondary N) is 1. The van der Waals surface area contributed by atoms with E-state index in [4.69, 9.17) is 4.74 Å². The topological polar surface area (TPSA) is 34.1 Å². The lowest BCUT2D eigenvalue weighted by Crippen LogP contribution is -2.18. The lowest BCUT2D eigenvalue weighted by atomic mass is 10.1. The first-order valence-electron chi connectivity index (χ1n) is 7.75. The Kier molecular flexibility index (Phi) is 4.20. The van der Waals surface area contributed by atoms with Crippen molar-refractivity contribution in [2.45, 2.75) is 39.2 Å². The summed E-state index contributed by atoms with van der Waals surface area (Å²) in [7, 11) is 0. The molecule has 3 nitrogen and oxygen atoms in total. The van der Waals surface area contributed by atoms with E-state index < -0.39 is 0 Å². The SMILES string of the molecule is CCNC(C)c1ccc(Oc2ccc3c(c2)CCC3)cn1. The van der Waals surface area contributed by atoms with Gasteiger partial charge in [-0.05, 0) is 68.1 Å². The summed E-state index contributed by atoms with van der Waals surface area (Å²) in [6.07, 6.45) is 5.44. The molecular weight excluding hydrogens is 260 g/mol. The van der Waals surface area contributed by atoms with E-state index in [1.165, 1.54) is 30.4 Å². The minimum Gasteiger partial charge on any atom is -0.456 e. The molecular formula is C18H22N2O. The third kappa shape index (κ3) is 3.24. The van der Waals surface area contributed by atoms with Crippen LogP contribution in [0.5, 0.6) is 11.5 Å². The van der Waals surface area contributed by atoms with Crippen molar-refractivity contribution in [2.24, 2.45) is 0 Å². The molecule has 0 amide bonds. The Hall–Kier alpha value is -1.87. The maximum atomic E-state index is 5.92. The zero-order chi connectivity index (χ0) is 14.7. The standard InChI is InChI=1S/C18H22N2O/c1-3-19-13(2)18-10-9-17(12-20-18)21-16-8-7-14-5-4-6-15(14)11-16/h7-13,19H,3-6H2,1-2H3. The maximum absolute atomic E-state index is 5.92. The summed E-state index contributed by atoms with van der Waals surface area (Å²) in [5, 5.41) is 3.36. The number of pyridine rings is 1. The van der Waals surface area contributed by atoms with Crippen LogP contribution in [0, 0.1) is 0 Å². The van der Waals surface area contributed by atoms with E-state index in [1.54, 1.807) is 6.20 Å². The molecule has 2 aromatic rings. The molecule has 21 heavy (non-hydrogen) atoms. The summed E-state index contributed by atoms with van der Waals surface area (Å²) >= 11 is 0. The first-order valence-corrected chi connectivity index (χ1v) is 7.75. The third-order valence-electron chi connectivity index (χ3n) is 4.02. The molecule has 0 radical (unpaired) electrons. The summed E-state index contributed by atoms with van der Waals surface area (Å²) in [4.78, 5) is 4.48. The van der Waals surface area contributed by atoms with Gasteiger partial charge in [0, 0.05) is 6.04 Å². The van der Waals surface area contributed by atoms with Crippen molar-refractivity contribution < 1.29 is 4.74 Å². The number of benzene rings is 1. The van der Waals surface area contributed by atoms with E-state index in [9.17, 15) is 0 Å². The van der Waals surface area contributed by atoms with Gasteiger partial charge in [-0.15, -0.1) is 0 Å². The molecule has 0 aliphatic heterocycles. The van der Waals surface area contributed by atoms with Crippen LogP contribution in [0.3, 0.4) is 0 Å². The second-order valence-corrected chi connectivity index (χ2v) is 5.58. The maximum Gasteiger partial charge on any atom is 0.145 e. The Labute approximate surface area is 126 Å². The van der Waals surface area contributed by atoms with Gasteiger partial charge in [-0.3, -0.25) is 4.98 Å². The van der Waals surface area contributed by atoms with Crippen molar-refractivity contribution in [3.8, 4) is 11.5 Å². The summed E-state index contributed by atoms with van der Waals surface area (Å²) in [6, 6.07) is 10.7. The predicted molar refractivity (Wildman–Crippen MR) is 84.9 cm³/mol. The Morgan fingerprint density at radius 2 is 1.95 bits per heavy atom. The predicted octanol–water partition coefficient (Wildman–Crippen LogP) is 4.03. The van der Waals surface area contributed by atoms with Crippen LogP contribution in [0.2, 0.25) is 0 Å². The van der Waals surface area contributed by atoms with Gasteiger partial charge in [0.15, 0.2) is 0 Å². The number of hydrogen-bond acceptors (Lipinski definition) is 3. The van der Waals surface area contributed by atoms with Crippen LogP contribution in [-0.2, 0) is 12.8 Å². The smallest absolute Gasteiger partial charge is 0.145 e. The van der Waals surface area contributed by atoms with Gasteiger partial charge in [-0.25, -0.2) is 0 Å². The molecule has 110 valence electrons. The number of fused-ring (bicyclic) bond motifs is 1. The lowest BCUT2D eigenvalue weighted by molar-refractivity contribution is 0.477. The minimum absolute atomic E-state index is 0.268. The highest BCUT2D eigenvalue weighted by Gasteiger charge is 2.12. The Morgan fingerprint density at radius 3 is 2.71 bits per heavy atom. The fourth-order valence-electron chi connectivity index (χ4n) is 2.87. The fraction of sp³-hybridized carbons (Fsp3) is 0.389. The van der Waals surface area contributed by atoms with Crippen molar-refractivity contribution in [1.82, 2.24) is 10.3 Å². The molecule has 3 heteroatoms. The molecule has 1 N–H and O–H groups in total. The Bertz CT molecular complexity index is 607. The van der Waals surface area contributed by atoms with E-state index >= 15 is 0 Å². The second-order valence-electron chi connectivity index (χ2n) is 5.58. The van der Waals surface area contributed by atoms with Gasteiger partial charge in [0.2, 0.25) is 0 Å². The van der Waals surface area contributed by atoms with Gasteiger partial charge in [0.05, 0.1) is 11.9 Å². The van der Waals surface area contributed by atoms with Crippen molar-refractivity contribution >= 4 is 0 Å². The Morgan fingerprint density at radius 1 is 1.14 bits per heavy atom. The number of rotatable bonds is 5. The molecule has 0 bridgehead atoms. The zero-order valence-electron chi connectivity index (χ0n) is 12.7. The highest BCUT2D eigenvalue weighted by molar-refractivity contribution is 5.40. The highest BCUT2D eigenvalue weighted by Crippen LogP contribution is 2.28. The molecule has 1 heterocycles. The number of aryl methyl sites for hydroxylation is 2. The molecule has 1 aromatic heterocycles. The first-order chi connectivity index (χ1) is 10.3. The third-order valence-corrected chi connectivity index (χ3v) is 4.02. The van der Waals surface area contributed by atoms with Gasteiger partial charge < -0.3 is 10.1 Å². The Balaban J connectivity index is 1.70. The molecule has 0 saturated heterocycles. The van der Waals surface area contributed by atoms with E-state index in [1.807, 2.05) is 12.1 Å². The van der Waals surface area contributed by atoms with Crippen molar-refractivity contribution in [3.05, 3.63) is 53.3 Å². The summed E-state index contributed by atoms with van der Waals surface area (Å²) in [6.45, 7) is 5.16. The number of ether oxygens (including phenoxy) is 1. The van der Waals surface area contributed by atoms with E-state index in [-0.39, 0.29) is 6.04 Å². The van der Waals surface area contributed by atoms with E-state index in [0.717, 1.165) is 23.7 Å². The molecule has 1 aliphatic rings. The van der Waals surface area contributed by atoms with Crippen molar-refractivity contribution in [3.63, 3.8) is 0 Å². The van der Waals surface area contributed by atoms with Crippen LogP contribution in [0.4, 0.5) is 0 Å². The van der Waals surface area contributed by atoms with E-state index in [2.05, 4.69) is 42.3 Å². The van der Waals surface area contributed by atoms with Crippen LogP contribution in [0.15, 0.2) is 36.5 Å². The lowest BCUT2D eigenvalue weighted by Gasteiger charge is -2.12. The van der Waals surface area contributed by atoms with Crippen LogP contribution < -0.4 is 10.1 Å². The van der Waals surface area contributed by atoms with Crippen LogP contribution in [-0.4, -0.2) is 11.5 Å². The normalized spacial score (nSPS) is 14.8. The van der Waals surface area contributed by atoms with Gasteiger partial charge in [-0.1, -0.05) is 13.0 Å². The molecule has 1 atom stereocenters. The fourth-order valence-corrected chi connectivity index (χ4v) is 2.87. The molecule has 0 saturated carbocycles. The first kappa shape index (κ1) is 14.1. The largest absolute Gasteiger partial charge is 0.456 e. The average Bonchev–Trinajstić information content (AvgIpc) is 2.96. The van der Waals surface area contributed by atoms with Gasteiger partial charge in [0.1, 0.15) is 11.5 Å². The van der Waals surface area contributed by atoms with Crippen molar-refractivity contribution in [1.29, 1.82) is 0 Å². The second kappa shape index (κ2) is 6.27. The average molecular weight is 282 g/mol. The highest BCUT2D eigenvalue weighted by atomic mass is 16.5. The van der Waals surface area contributed by atoms with Crippen LogP contribution >= 0.6 is 0 Å². The van der Waals surface area contributed by atoms with Crippen molar-refractivity contribution in [2.75, 3.05) is 6.54 Å². The van der Waals surface area contributed by atoms with Crippen LogP contribution in [0.1, 0.15) is 43.1 Å². The number of aromatic nitrogens is 1. The zero-order valence-corrected chi connectivity index (χ0v) is 12.7. The van der Waals surface area contributed by atoms with Gasteiger partial charge in [-0.2, -0.15) is 0 Å². The molecule has 0 spiro atoms. The van der Waals surface area contributed by atoms with Gasteiger partial charge >= 0.3 is 0 Å². The summed E-state index contributed by atoms with van der Waals surface area (Å²) in [5.74, 6) is 1.70. The quantitative estimate of drug-likeness (QED) is 0.899. The summed E-state index contributed by atoms with van der Waals surface area (Å²) in [5.41, 5.74) is 3.94.